The first kappa shape index (κ1) is 20.2. The lowest BCUT2D eigenvalue weighted by molar-refractivity contribution is -0.115. The average molecular weight is 409 g/mol. The molecule has 30 heavy (non-hydrogen) atoms. The maximum Gasteiger partial charge on any atom is 0.251 e. The van der Waals surface area contributed by atoms with Gasteiger partial charge in [0, 0.05) is 51.5 Å². The van der Waals surface area contributed by atoms with Crippen LogP contribution in [0.2, 0.25) is 0 Å². The van der Waals surface area contributed by atoms with Crippen LogP contribution in [0.5, 0.6) is 0 Å². The summed E-state index contributed by atoms with van der Waals surface area (Å²) in [6.07, 6.45) is 1.82. The summed E-state index contributed by atoms with van der Waals surface area (Å²) in [6.45, 7) is 8.10. The summed E-state index contributed by atoms with van der Waals surface area (Å²) in [5, 5.41) is 5.76. The van der Waals surface area contributed by atoms with Gasteiger partial charge in [-0.1, -0.05) is 13.0 Å². The molecule has 2 aliphatic heterocycles. The molecule has 0 aliphatic carbocycles. The van der Waals surface area contributed by atoms with Crippen molar-refractivity contribution >= 4 is 29.0 Å². The number of piperazine rings is 1. The van der Waals surface area contributed by atoms with Gasteiger partial charge in [0.05, 0.1) is 17.9 Å². The van der Waals surface area contributed by atoms with Crippen LogP contribution in [-0.2, 0) is 11.3 Å². The van der Waals surface area contributed by atoms with Crippen LogP contribution in [0.15, 0.2) is 36.5 Å². The predicted molar refractivity (Wildman–Crippen MR) is 118 cm³/mol. The fourth-order valence-electron chi connectivity index (χ4n) is 3.89. The summed E-state index contributed by atoms with van der Waals surface area (Å²) in [7, 11) is 1.86. The topological polar surface area (TPSA) is 80.8 Å². The van der Waals surface area contributed by atoms with Crippen LogP contribution in [0, 0.1) is 0 Å². The van der Waals surface area contributed by atoms with Crippen molar-refractivity contribution in [2.45, 2.75) is 13.5 Å². The Morgan fingerprint density at radius 1 is 1.17 bits per heavy atom. The fraction of sp³-hybridized carbons (Fsp3) is 0.409. The third kappa shape index (κ3) is 4.38. The van der Waals surface area contributed by atoms with E-state index < -0.39 is 0 Å². The lowest BCUT2D eigenvalue weighted by Gasteiger charge is -2.34. The van der Waals surface area contributed by atoms with Gasteiger partial charge in [-0.2, -0.15) is 0 Å². The largest absolute Gasteiger partial charge is 0.364 e. The number of anilines is 3. The molecular weight excluding hydrogens is 380 g/mol. The number of likely N-dealkylation sites (N-methyl/N-ethyl adjacent to an activating group) is 2. The summed E-state index contributed by atoms with van der Waals surface area (Å²) >= 11 is 0. The number of carbonyl (C=O) groups excluding carboxylic acids is 2. The number of benzene rings is 1. The Morgan fingerprint density at radius 3 is 2.67 bits per heavy atom. The van der Waals surface area contributed by atoms with E-state index in [1.807, 2.05) is 36.3 Å². The predicted octanol–water partition coefficient (Wildman–Crippen LogP) is 1.54. The number of aromatic nitrogens is 1. The Morgan fingerprint density at radius 2 is 1.97 bits per heavy atom. The first-order chi connectivity index (χ1) is 14.5. The standard InChI is InChI=1S/C22H28N6O2/c1-3-27-8-10-28(11-9-27)20-7-4-16(13-23-20)14-24-22(30)17-5-6-19-18(12-17)25-21(29)15-26(19)2/h4-7,12-13H,3,8-11,14-15H2,1-2H3,(H,24,30)(H,25,29). The maximum atomic E-state index is 12.6. The summed E-state index contributed by atoms with van der Waals surface area (Å²) in [5.41, 5.74) is 3.04. The molecule has 4 rings (SSSR count). The van der Waals surface area contributed by atoms with Gasteiger partial charge in [-0.05, 0) is 36.4 Å². The van der Waals surface area contributed by atoms with Gasteiger partial charge in [-0.3, -0.25) is 9.59 Å². The highest BCUT2D eigenvalue weighted by molar-refractivity contribution is 6.03. The number of nitrogens with zero attached hydrogens (tertiary/aromatic N) is 4. The fourth-order valence-corrected chi connectivity index (χ4v) is 3.89. The highest BCUT2D eigenvalue weighted by atomic mass is 16.2. The van der Waals surface area contributed by atoms with Crippen LogP contribution < -0.4 is 20.4 Å². The Bertz CT molecular complexity index is 922. The summed E-state index contributed by atoms with van der Waals surface area (Å²) < 4.78 is 0. The average Bonchev–Trinajstić information content (AvgIpc) is 2.77. The molecule has 0 bridgehead atoms. The van der Waals surface area contributed by atoms with E-state index in [0.29, 0.717) is 24.3 Å². The van der Waals surface area contributed by atoms with Gasteiger partial charge in [-0.15, -0.1) is 0 Å². The third-order valence-electron chi connectivity index (χ3n) is 5.73. The van der Waals surface area contributed by atoms with Crippen molar-refractivity contribution in [3.8, 4) is 0 Å². The lowest BCUT2D eigenvalue weighted by atomic mass is 10.1. The van der Waals surface area contributed by atoms with Crippen LogP contribution in [-0.4, -0.2) is 68.0 Å². The number of hydrogen-bond donors (Lipinski definition) is 2. The summed E-state index contributed by atoms with van der Waals surface area (Å²) in [6, 6.07) is 9.39. The molecule has 8 nitrogen and oxygen atoms in total. The number of hydrogen-bond acceptors (Lipinski definition) is 6. The minimum Gasteiger partial charge on any atom is -0.364 e. The Kier molecular flexibility index (Phi) is 5.85. The molecule has 0 saturated carbocycles. The molecule has 1 aromatic heterocycles. The second-order valence-electron chi connectivity index (χ2n) is 7.76. The molecule has 0 spiro atoms. The normalized spacial score (nSPS) is 16.8. The van der Waals surface area contributed by atoms with E-state index in [9.17, 15) is 9.59 Å². The van der Waals surface area contributed by atoms with Gasteiger partial charge in [0.25, 0.3) is 5.91 Å². The Labute approximate surface area is 176 Å². The van der Waals surface area contributed by atoms with Crippen molar-refractivity contribution in [1.82, 2.24) is 15.2 Å². The van der Waals surface area contributed by atoms with Gasteiger partial charge in [0.2, 0.25) is 5.91 Å². The molecule has 0 radical (unpaired) electrons. The van der Waals surface area contributed by atoms with Crippen LogP contribution in [0.25, 0.3) is 0 Å². The first-order valence-electron chi connectivity index (χ1n) is 10.4. The SMILES string of the molecule is CCN1CCN(c2ccc(CNC(=O)c3ccc4c(c3)NC(=O)CN4C)cn2)CC1. The van der Waals surface area contributed by atoms with E-state index in [1.165, 1.54) is 0 Å². The van der Waals surface area contributed by atoms with Crippen molar-refractivity contribution < 1.29 is 9.59 Å². The molecule has 2 N–H and O–H groups in total. The molecule has 1 fully saturated rings. The number of rotatable bonds is 5. The summed E-state index contributed by atoms with van der Waals surface area (Å²) in [5.74, 6) is 0.722. The Hall–Kier alpha value is -3.13. The van der Waals surface area contributed by atoms with Crippen LogP contribution in [0.4, 0.5) is 17.2 Å². The van der Waals surface area contributed by atoms with Crippen LogP contribution in [0.1, 0.15) is 22.8 Å². The molecule has 2 amide bonds. The van der Waals surface area contributed by atoms with Crippen molar-refractivity contribution in [2.75, 3.05) is 61.4 Å². The van der Waals surface area contributed by atoms with Gasteiger partial charge < -0.3 is 25.3 Å². The van der Waals surface area contributed by atoms with Crippen LogP contribution >= 0.6 is 0 Å². The minimum atomic E-state index is -0.181. The first-order valence-corrected chi connectivity index (χ1v) is 10.4. The zero-order valence-corrected chi connectivity index (χ0v) is 17.5. The quantitative estimate of drug-likeness (QED) is 0.781. The molecule has 158 valence electrons. The van der Waals surface area contributed by atoms with Crippen molar-refractivity contribution in [3.05, 3.63) is 47.7 Å². The molecule has 3 heterocycles. The van der Waals surface area contributed by atoms with Crippen molar-refractivity contribution in [3.63, 3.8) is 0 Å². The van der Waals surface area contributed by atoms with Crippen molar-refractivity contribution in [2.24, 2.45) is 0 Å². The van der Waals surface area contributed by atoms with E-state index >= 15 is 0 Å². The van der Waals surface area contributed by atoms with E-state index in [1.54, 1.807) is 12.1 Å². The number of amides is 2. The highest BCUT2D eigenvalue weighted by Crippen LogP contribution is 2.29. The highest BCUT2D eigenvalue weighted by Gasteiger charge is 2.20. The smallest absolute Gasteiger partial charge is 0.251 e. The van der Waals surface area contributed by atoms with E-state index in [0.717, 1.165) is 49.8 Å². The summed E-state index contributed by atoms with van der Waals surface area (Å²) in [4.78, 5) is 35.5. The minimum absolute atomic E-state index is 0.0789. The lowest BCUT2D eigenvalue weighted by Crippen LogP contribution is -2.46. The molecule has 2 aliphatic rings. The molecular formula is C22H28N6O2. The molecule has 2 aromatic rings. The van der Waals surface area contributed by atoms with E-state index in [2.05, 4.69) is 32.3 Å². The molecule has 8 heteroatoms. The molecule has 0 atom stereocenters. The maximum absolute atomic E-state index is 12.6. The zero-order valence-electron chi connectivity index (χ0n) is 17.5. The van der Waals surface area contributed by atoms with Gasteiger partial charge >= 0.3 is 0 Å². The van der Waals surface area contributed by atoms with Gasteiger partial charge in [0.1, 0.15) is 5.82 Å². The van der Waals surface area contributed by atoms with Gasteiger partial charge in [0.15, 0.2) is 0 Å². The second kappa shape index (κ2) is 8.71. The number of fused-ring (bicyclic) bond motifs is 1. The molecule has 1 aromatic carbocycles. The third-order valence-corrected chi connectivity index (χ3v) is 5.73. The molecule has 0 unspecified atom stereocenters. The van der Waals surface area contributed by atoms with Gasteiger partial charge in [-0.25, -0.2) is 4.98 Å². The number of nitrogens with one attached hydrogen (secondary N) is 2. The van der Waals surface area contributed by atoms with Crippen LogP contribution in [0.3, 0.4) is 0 Å². The number of pyridine rings is 1. The van der Waals surface area contributed by atoms with E-state index in [4.69, 9.17) is 0 Å². The monoisotopic (exact) mass is 408 g/mol. The zero-order chi connectivity index (χ0) is 21.1. The number of carbonyl (C=O) groups is 2. The second-order valence-corrected chi connectivity index (χ2v) is 7.76. The van der Waals surface area contributed by atoms with Crippen molar-refractivity contribution in [1.29, 1.82) is 0 Å². The Balaban J connectivity index is 1.34. The molecule has 1 saturated heterocycles. The van der Waals surface area contributed by atoms with E-state index in [-0.39, 0.29) is 11.8 Å².